The first-order chi connectivity index (χ1) is 14.7. The van der Waals surface area contributed by atoms with Crippen LogP contribution in [0.3, 0.4) is 0 Å². The topological polar surface area (TPSA) is 84.9 Å². The van der Waals surface area contributed by atoms with Crippen LogP contribution in [0.4, 0.5) is 18.0 Å². The number of alkyl halides is 4. The molecule has 1 fully saturated rings. The summed E-state index contributed by atoms with van der Waals surface area (Å²) in [6, 6.07) is 4.29. The Balaban J connectivity index is 2.08. The molecule has 1 heterocycles. The van der Waals surface area contributed by atoms with Crippen LogP contribution in [0.5, 0.6) is 0 Å². The van der Waals surface area contributed by atoms with Crippen molar-refractivity contribution in [3.63, 3.8) is 0 Å². The number of carbonyl (C=O) groups is 3. The summed E-state index contributed by atoms with van der Waals surface area (Å²) in [6.07, 6.45) is -5.07. The number of halogens is 4. The van der Waals surface area contributed by atoms with Crippen LogP contribution in [0.2, 0.25) is 0 Å². The Morgan fingerprint density at radius 1 is 1.19 bits per heavy atom. The Hall–Kier alpha value is -2.49. The fourth-order valence-corrected chi connectivity index (χ4v) is 3.48. The molecule has 1 aromatic carbocycles. The van der Waals surface area contributed by atoms with E-state index in [-0.39, 0.29) is 25.9 Å². The van der Waals surface area contributed by atoms with Crippen molar-refractivity contribution in [2.24, 2.45) is 0 Å². The first-order valence-electron chi connectivity index (χ1n) is 9.85. The van der Waals surface area contributed by atoms with Crippen LogP contribution in [0, 0.1) is 0 Å². The zero-order chi connectivity index (χ0) is 24.3. The van der Waals surface area contributed by atoms with Gasteiger partial charge in [0.25, 0.3) is 0 Å². The molecule has 32 heavy (non-hydrogen) atoms. The maximum Gasteiger partial charge on any atom is 0.416 e. The Kier molecular flexibility index (Phi) is 7.70. The number of nitrogens with zero attached hydrogens (tertiary/aromatic N) is 1. The van der Waals surface area contributed by atoms with E-state index in [1.807, 2.05) is 0 Å². The molecule has 7 nitrogen and oxygen atoms in total. The van der Waals surface area contributed by atoms with Crippen molar-refractivity contribution in [3.05, 3.63) is 35.4 Å². The number of esters is 1. The average molecular weight is 479 g/mol. The van der Waals surface area contributed by atoms with E-state index < -0.39 is 46.2 Å². The minimum absolute atomic E-state index is 0.0570. The molecule has 1 N–H and O–H groups in total. The van der Waals surface area contributed by atoms with Crippen LogP contribution in [0.25, 0.3) is 0 Å². The van der Waals surface area contributed by atoms with E-state index in [1.165, 1.54) is 17.0 Å². The summed E-state index contributed by atoms with van der Waals surface area (Å²) in [4.78, 5) is 38.8. The lowest BCUT2D eigenvalue weighted by atomic mass is 9.97. The van der Waals surface area contributed by atoms with Gasteiger partial charge in [0.05, 0.1) is 19.2 Å². The Labute approximate surface area is 189 Å². The molecular weight excluding hydrogens is 453 g/mol. The van der Waals surface area contributed by atoms with Crippen LogP contribution in [0.1, 0.15) is 38.3 Å². The minimum atomic E-state index is -4.47. The first kappa shape index (κ1) is 25.8. The van der Waals surface area contributed by atoms with Gasteiger partial charge in [0.1, 0.15) is 11.0 Å². The highest BCUT2D eigenvalue weighted by Gasteiger charge is 2.49. The van der Waals surface area contributed by atoms with Crippen molar-refractivity contribution in [1.29, 1.82) is 0 Å². The number of nitrogens with one attached hydrogen (secondary N) is 1. The van der Waals surface area contributed by atoms with Gasteiger partial charge in [-0.3, -0.25) is 4.79 Å². The molecule has 0 bridgehead atoms. The molecule has 2 rings (SSSR count). The molecule has 1 aliphatic rings. The number of hydrogen-bond acceptors (Lipinski definition) is 5. The van der Waals surface area contributed by atoms with Crippen molar-refractivity contribution < 1.29 is 37.0 Å². The summed E-state index contributed by atoms with van der Waals surface area (Å²) < 4.78 is 48.2. The maximum absolute atomic E-state index is 12.7. The normalized spacial score (nSPS) is 19.9. The summed E-state index contributed by atoms with van der Waals surface area (Å²) >= 11 is 6.18. The van der Waals surface area contributed by atoms with E-state index in [0.717, 1.165) is 19.2 Å². The molecule has 0 aliphatic carbocycles. The van der Waals surface area contributed by atoms with Gasteiger partial charge in [0.15, 0.2) is 5.54 Å². The predicted octanol–water partition coefficient (Wildman–Crippen LogP) is 3.52. The van der Waals surface area contributed by atoms with Crippen LogP contribution in [-0.2, 0) is 31.7 Å². The summed E-state index contributed by atoms with van der Waals surface area (Å²) in [5, 5.41) is 1.41. The lowest BCUT2D eigenvalue weighted by Gasteiger charge is -2.29. The molecule has 0 saturated carbocycles. The highest BCUT2D eigenvalue weighted by Crippen LogP contribution is 2.30. The number of ether oxygens (including phenoxy) is 2. The second-order valence-electron chi connectivity index (χ2n) is 8.58. The van der Waals surface area contributed by atoms with Gasteiger partial charge >= 0.3 is 18.2 Å². The average Bonchev–Trinajstić information content (AvgIpc) is 3.11. The number of amides is 2. The van der Waals surface area contributed by atoms with Crippen molar-refractivity contribution in [2.45, 2.75) is 56.3 Å². The molecular formula is C21H26ClF3N2O5. The number of likely N-dealkylation sites (tertiary alicyclic amines) is 1. The van der Waals surface area contributed by atoms with Gasteiger partial charge in [-0.1, -0.05) is 12.1 Å². The molecule has 2 atom stereocenters. The van der Waals surface area contributed by atoms with Crippen LogP contribution >= 0.6 is 11.6 Å². The number of hydrogen-bond donors (Lipinski definition) is 1. The standard InChI is InChI=1S/C21H26ClF3N2O5/c1-19(2,3)32-18(30)27-10-9-20(12-27,17(29)31-4)26-16(28)15(22)11-13-5-7-14(8-6-13)21(23,24)25/h5-8,15H,9-12H2,1-4H3,(H,26,28)/t15?,20-/m0/s1. The quantitative estimate of drug-likeness (QED) is 0.517. The van der Waals surface area contributed by atoms with Crippen molar-refractivity contribution >= 4 is 29.6 Å². The van der Waals surface area contributed by atoms with Gasteiger partial charge in [-0.2, -0.15) is 13.2 Å². The molecule has 0 spiro atoms. The van der Waals surface area contributed by atoms with Crippen molar-refractivity contribution in [2.75, 3.05) is 20.2 Å². The SMILES string of the molecule is COC(=O)[C@]1(NC(=O)C(Cl)Cc2ccc(C(F)(F)F)cc2)CCN(C(=O)OC(C)(C)C)C1. The van der Waals surface area contributed by atoms with E-state index in [2.05, 4.69) is 5.32 Å². The fourth-order valence-electron chi connectivity index (χ4n) is 3.25. The third kappa shape index (κ3) is 6.51. The van der Waals surface area contributed by atoms with E-state index >= 15 is 0 Å². The van der Waals surface area contributed by atoms with Gasteiger partial charge in [-0.05, 0) is 44.9 Å². The highest BCUT2D eigenvalue weighted by molar-refractivity contribution is 6.31. The smallest absolute Gasteiger partial charge is 0.416 e. The van der Waals surface area contributed by atoms with Crippen LogP contribution < -0.4 is 5.32 Å². The lowest BCUT2D eigenvalue weighted by Crippen LogP contribution is -2.58. The molecule has 1 aliphatic heterocycles. The highest BCUT2D eigenvalue weighted by atomic mass is 35.5. The molecule has 0 aromatic heterocycles. The van der Waals surface area contributed by atoms with Crippen LogP contribution in [-0.4, -0.2) is 59.6 Å². The molecule has 178 valence electrons. The lowest BCUT2D eigenvalue weighted by molar-refractivity contribution is -0.150. The Morgan fingerprint density at radius 3 is 2.28 bits per heavy atom. The molecule has 0 radical (unpaired) electrons. The number of methoxy groups -OCH3 is 1. The zero-order valence-electron chi connectivity index (χ0n) is 18.2. The van der Waals surface area contributed by atoms with Crippen LogP contribution in [0.15, 0.2) is 24.3 Å². The van der Waals surface area contributed by atoms with E-state index in [0.29, 0.717) is 5.56 Å². The third-order valence-corrected chi connectivity index (χ3v) is 5.19. The minimum Gasteiger partial charge on any atom is -0.467 e. The number of carbonyl (C=O) groups excluding carboxylic acids is 3. The first-order valence-corrected chi connectivity index (χ1v) is 10.3. The fraction of sp³-hybridized carbons (Fsp3) is 0.571. The zero-order valence-corrected chi connectivity index (χ0v) is 19.0. The van der Waals surface area contributed by atoms with E-state index in [4.69, 9.17) is 21.1 Å². The number of rotatable bonds is 5. The summed E-state index contributed by atoms with van der Waals surface area (Å²) in [5.74, 6) is -1.45. The van der Waals surface area contributed by atoms with Gasteiger partial charge in [-0.25, -0.2) is 9.59 Å². The second kappa shape index (κ2) is 9.56. The molecule has 1 aromatic rings. The van der Waals surface area contributed by atoms with Gasteiger partial charge in [-0.15, -0.1) is 11.6 Å². The van der Waals surface area contributed by atoms with Gasteiger partial charge in [0.2, 0.25) is 5.91 Å². The predicted molar refractivity (Wildman–Crippen MR) is 110 cm³/mol. The summed E-state index contributed by atoms with van der Waals surface area (Å²) in [6.45, 7) is 5.10. The number of benzene rings is 1. The summed E-state index contributed by atoms with van der Waals surface area (Å²) in [7, 11) is 1.16. The largest absolute Gasteiger partial charge is 0.467 e. The van der Waals surface area contributed by atoms with Crippen molar-refractivity contribution in [1.82, 2.24) is 10.2 Å². The molecule has 11 heteroatoms. The maximum atomic E-state index is 12.7. The van der Waals surface area contributed by atoms with Gasteiger partial charge in [0, 0.05) is 13.0 Å². The molecule has 2 amide bonds. The summed E-state index contributed by atoms with van der Waals surface area (Å²) in [5.41, 5.74) is -2.63. The Morgan fingerprint density at radius 2 is 1.78 bits per heavy atom. The molecule has 1 unspecified atom stereocenters. The van der Waals surface area contributed by atoms with E-state index in [1.54, 1.807) is 20.8 Å². The third-order valence-electron chi connectivity index (χ3n) is 4.84. The van der Waals surface area contributed by atoms with E-state index in [9.17, 15) is 27.6 Å². The molecule has 1 saturated heterocycles. The Bertz CT molecular complexity index is 854. The second-order valence-corrected chi connectivity index (χ2v) is 9.11. The monoisotopic (exact) mass is 478 g/mol. The van der Waals surface area contributed by atoms with Crippen molar-refractivity contribution in [3.8, 4) is 0 Å². The van der Waals surface area contributed by atoms with Gasteiger partial charge < -0.3 is 19.7 Å².